The Bertz CT molecular complexity index is 554. The Morgan fingerprint density at radius 2 is 1.25 bits per heavy atom. The van der Waals surface area contributed by atoms with E-state index in [1.54, 1.807) is 0 Å². The summed E-state index contributed by atoms with van der Waals surface area (Å²) in [5, 5.41) is 0. The van der Waals surface area contributed by atoms with E-state index in [1.807, 2.05) is 0 Å². The topological polar surface area (TPSA) is 12.9 Å². The highest BCUT2D eigenvalue weighted by Gasteiger charge is 2.01. The van der Waals surface area contributed by atoms with Crippen LogP contribution in [0.3, 0.4) is 0 Å². The first-order valence-corrected chi connectivity index (χ1v) is 9.87. The van der Waals surface area contributed by atoms with E-state index in [0.717, 1.165) is 12.1 Å². The minimum Gasteiger partial charge on any atom is -0.256 e. The monoisotopic (exact) mass is 323 g/mol. The molecule has 0 radical (unpaired) electrons. The van der Waals surface area contributed by atoms with Crippen molar-refractivity contribution in [3.05, 3.63) is 53.7 Å². The molecule has 2 rings (SSSR count). The van der Waals surface area contributed by atoms with E-state index < -0.39 is 0 Å². The van der Waals surface area contributed by atoms with Gasteiger partial charge in [0.1, 0.15) is 0 Å². The molecule has 0 N–H and O–H groups in total. The van der Waals surface area contributed by atoms with Gasteiger partial charge in [-0.2, -0.15) is 0 Å². The third-order valence-electron chi connectivity index (χ3n) is 4.71. The number of benzene rings is 1. The Labute approximate surface area is 148 Å². The molecule has 0 aliphatic rings. The lowest BCUT2D eigenvalue weighted by Gasteiger charge is -2.06. The molecule has 0 spiro atoms. The summed E-state index contributed by atoms with van der Waals surface area (Å²) in [6, 6.07) is 13.3. The largest absolute Gasteiger partial charge is 0.256 e. The summed E-state index contributed by atoms with van der Waals surface area (Å²) in [7, 11) is 0. The van der Waals surface area contributed by atoms with E-state index in [2.05, 4.69) is 61.4 Å². The van der Waals surface area contributed by atoms with Gasteiger partial charge in [0.25, 0.3) is 0 Å². The minimum absolute atomic E-state index is 1.09. The van der Waals surface area contributed by atoms with Crippen LogP contribution in [0.4, 0.5) is 0 Å². The number of hydrogen-bond donors (Lipinski definition) is 0. The number of hydrogen-bond acceptors (Lipinski definition) is 1. The van der Waals surface area contributed by atoms with Gasteiger partial charge in [-0.25, -0.2) is 0 Å². The molecule has 1 aromatic heterocycles. The van der Waals surface area contributed by atoms with E-state index >= 15 is 0 Å². The quantitative estimate of drug-likeness (QED) is 0.406. The summed E-state index contributed by atoms with van der Waals surface area (Å²) < 4.78 is 0. The number of aryl methyl sites for hydroxylation is 2. The standard InChI is InChI=1S/C23H33N/c1-3-5-7-8-9-10-12-21-15-18-23(24-19-21)22-16-13-20(14-17-22)11-6-4-2/h13-19H,3-12H2,1-2H3. The van der Waals surface area contributed by atoms with Crippen molar-refractivity contribution in [2.24, 2.45) is 0 Å². The summed E-state index contributed by atoms with van der Waals surface area (Å²) in [5.41, 5.74) is 5.11. The van der Waals surface area contributed by atoms with Gasteiger partial charge in [-0.1, -0.05) is 82.7 Å². The second-order valence-electron chi connectivity index (χ2n) is 6.87. The Kier molecular flexibility index (Phi) is 8.59. The molecule has 0 bridgehead atoms. The van der Waals surface area contributed by atoms with E-state index in [1.165, 1.54) is 74.5 Å². The predicted molar refractivity (Wildman–Crippen MR) is 105 cm³/mol. The highest BCUT2D eigenvalue weighted by atomic mass is 14.7. The van der Waals surface area contributed by atoms with Crippen molar-refractivity contribution in [3.63, 3.8) is 0 Å². The van der Waals surface area contributed by atoms with Gasteiger partial charge >= 0.3 is 0 Å². The molecule has 0 saturated heterocycles. The molecular formula is C23H33N. The Morgan fingerprint density at radius 3 is 1.92 bits per heavy atom. The number of aromatic nitrogens is 1. The first-order valence-electron chi connectivity index (χ1n) is 9.87. The Morgan fingerprint density at radius 1 is 0.625 bits per heavy atom. The molecule has 1 heteroatoms. The molecule has 0 saturated carbocycles. The molecule has 0 fully saturated rings. The zero-order valence-corrected chi connectivity index (χ0v) is 15.6. The van der Waals surface area contributed by atoms with Crippen LogP contribution in [0.1, 0.15) is 76.3 Å². The number of rotatable bonds is 11. The fraction of sp³-hybridized carbons (Fsp3) is 0.522. The maximum absolute atomic E-state index is 4.67. The minimum atomic E-state index is 1.09. The van der Waals surface area contributed by atoms with Crippen LogP contribution in [0.2, 0.25) is 0 Å². The summed E-state index contributed by atoms with van der Waals surface area (Å²) >= 11 is 0. The summed E-state index contributed by atoms with van der Waals surface area (Å²) in [4.78, 5) is 4.67. The van der Waals surface area contributed by atoms with Crippen LogP contribution in [0.25, 0.3) is 11.3 Å². The third kappa shape index (κ3) is 6.47. The first-order chi connectivity index (χ1) is 11.8. The van der Waals surface area contributed by atoms with Gasteiger partial charge in [-0.3, -0.25) is 4.98 Å². The normalized spacial score (nSPS) is 10.9. The van der Waals surface area contributed by atoms with Crippen molar-refractivity contribution < 1.29 is 0 Å². The van der Waals surface area contributed by atoms with Crippen molar-refractivity contribution in [2.75, 3.05) is 0 Å². The maximum Gasteiger partial charge on any atom is 0.0702 e. The number of unbranched alkanes of at least 4 members (excludes halogenated alkanes) is 6. The smallest absolute Gasteiger partial charge is 0.0702 e. The van der Waals surface area contributed by atoms with Crippen molar-refractivity contribution in [1.29, 1.82) is 0 Å². The van der Waals surface area contributed by atoms with Gasteiger partial charge in [-0.15, -0.1) is 0 Å². The highest BCUT2D eigenvalue weighted by Crippen LogP contribution is 2.19. The first kappa shape index (κ1) is 18.7. The van der Waals surface area contributed by atoms with Crippen LogP contribution < -0.4 is 0 Å². The summed E-state index contributed by atoms with van der Waals surface area (Å²) in [6.45, 7) is 4.51. The van der Waals surface area contributed by atoms with E-state index in [4.69, 9.17) is 0 Å². The average molecular weight is 324 g/mol. The lowest BCUT2D eigenvalue weighted by atomic mass is 10.0. The van der Waals surface area contributed by atoms with Crippen LogP contribution in [0.5, 0.6) is 0 Å². The molecule has 0 aliphatic carbocycles. The molecular weight excluding hydrogens is 290 g/mol. The van der Waals surface area contributed by atoms with E-state index in [-0.39, 0.29) is 0 Å². The van der Waals surface area contributed by atoms with Gasteiger partial charge in [0, 0.05) is 11.8 Å². The molecule has 0 aliphatic heterocycles. The third-order valence-corrected chi connectivity index (χ3v) is 4.71. The number of nitrogens with zero attached hydrogens (tertiary/aromatic N) is 1. The van der Waals surface area contributed by atoms with Crippen molar-refractivity contribution in [1.82, 2.24) is 4.98 Å². The molecule has 0 unspecified atom stereocenters. The van der Waals surface area contributed by atoms with Crippen LogP contribution in [0, 0.1) is 0 Å². The van der Waals surface area contributed by atoms with Gasteiger partial charge < -0.3 is 0 Å². The zero-order chi connectivity index (χ0) is 17.0. The van der Waals surface area contributed by atoms with Crippen molar-refractivity contribution in [3.8, 4) is 11.3 Å². The molecule has 2 aromatic rings. The van der Waals surface area contributed by atoms with Crippen LogP contribution >= 0.6 is 0 Å². The summed E-state index contributed by atoms with van der Waals surface area (Å²) in [6.07, 6.45) is 15.0. The molecule has 0 amide bonds. The molecule has 130 valence electrons. The van der Waals surface area contributed by atoms with Crippen LogP contribution in [-0.4, -0.2) is 4.98 Å². The van der Waals surface area contributed by atoms with Gasteiger partial charge in [0.2, 0.25) is 0 Å². The molecule has 24 heavy (non-hydrogen) atoms. The predicted octanol–water partition coefficient (Wildman–Crippen LogP) is 6.99. The SMILES string of the molecule is CCCCCCCCc1ccc(-c2ccc(CCCC)cc2)nc1. The molecule has 0 atom stereocenters. The molecule has 1 heterocycles. The number of pyridine rings is 1. The lowest BCUT2D eigenvalue weighted by molar-refractivity contribution is 0.607. The van der Waals surface area contributed by atoms with E-state index in [9.17, 15) is 0 Å². The molecule has 1 nitrogen and oxygen atoms in total. The summed E-state index contributed by atoms with van der Waals surface area (Å²) in [5.74, 6) is 0. The second kappa shape index (κ2) is 11.0. The van der Waals surface area contributed by atoms with Crippen LogP contribution in [0.15, 0.2) is 42.6 Å². The van der Waals surface area contributed by atoms with E-state index in [0.29, 0.717) is 0 Å². The van der Waals surface area contributed by atoms with Gasteiger partial charge in [-0.05, 0) is 42.9 Å². The molecule has 1 aromatic carbocycles. The zero-order valence-electron chi connectivity index (χ0n) is 15.6. The Balaban J connectivity index is 1.80. The van der Waals surface area contributed by atoms with Crippen LogP contribution in [-0.2, 0) is 12.8 Å². The van der Waals surface area contributed by atoms with Gasteiger partial charge in [0.05, 0.1) is 5.69 Å². The van der Waals surface area contributed by atoms with Crippen molar-refractivity contribution in [2.45, 2.75) is 78.1 Å². The fourth-order valence-corrected chi connectivity index (χ4v) is 3.08. The lowest BCUT2D eigenvalue weighted by Crippen LogP contribution is -1.90. The Hall–Kier alpha value is -1.63. The average Bonchev–Trinajstić information content (AvgIpc) is 2.64. The highest BCUT2D eigenvalue weighted by molar-refractivity contribution is 5.59. The fourth-order valence-electron chi connectivity index (χ4n) is 3.08. The van der Waals surface area contributed by atoms with Crippen molar-refractivity contribution >= 4 is 0 Å². The maximum atomic E-state index is 4.67. The second-order valence-corrected chi connectivity index (χ2v) is 6.87. The van der Waals surface area contributed by atoms with Gasteiger partial charge in [0.15, 0.2) is 0 Å².